The minimum Gasteiger partial charge on any atom is -0.455 e. The predicted octanol–water partition coefficient (Wildman–Crippen LogP) is 4.83. The van der Waals surface area contributed by atoms with E-state index in [1.165, 1.54) is 10.4 Å². The van der Waals surface area contributed by atoms with Gasteiger partial charge in [0.2, 0.25) is 0 Å². The van der Waals surface area contributed by atoms with Crippen molar-refractivity contribution >= 4 is 24.7 Å². The molecule has 0 bridgehead atoms. The Morgan fingerprint density at radius 2 is 1.57 bits per heavy atom. The maximum Gasteiger partial charge on any atom is 0.312 e. The number of hydrogen-bond acceptors (Lipinski definition) is 8. The largest absolute Gasteiger partial charge is 0.455 e. The molecule has 0 spiro atoms. The molecule has 0 amide bonds. The van der Waals surface area contributed by atoms with Crippen LogP contribution in [-0.2, 0) is 28.2 Å². The lowest BCUT2D eigenvalue weighted by molar-refractivity contribution is -0.302. The highest BCUT2D eigenvalue weighted by molar-refractivity contribution is 6.99. The van der Waals surface area contributed by atoms with Crippen LogP contribution in [0.15, 0.2) is 60.7 Å². The summed E-state index contributed by atoms with van der Waals surface area (Å²) in [4.78, 5) is 13.9. The topological polar surface area (TPSA) is 104 Å². The molecule has 2 aromatic rings. The number of esters is 1. The Morgan fingerprint density at radius 3 is 2.02 bits per heavy atom. The summed E-state index contributed by atoms with van der Waals surface area (Å²) in [5.74, 6) is -2.52. The Balaban J connectivity index is 1.42. The maximum atomic E-state index is 13.9. The van der Waals surface area contributed by atoms with Crippen molar-refractivity contribution < 1.29 is 38.4 Å². The Hall–Kier alpha value is -2.11. The van der Waals surface area contributed by atoms with Crippen molar-refractivity contribution in [2.75, 3.05) is 26.9 Å². The van der Waals surface area contributed by atoms with Crippen molar-refractivity contribution in [3.8, 4) is 0 Å². The number of aliphatic hydroxyl groups excluding tert-OH is 2. The van der Waals surface area contributed by atoms with Gasteiger partial charge in [-0.15, -0.1) is 0 Å². The Labute approximate surface area is 282 Å². The zero-order valence-electron chi connectivity index (χ0n) is 29.7. The number of rotatable bonds is 13. The Morgan fingerprint density at radius 1 is 1.00 bits per heavy atom. The number of carbonyl (C=O) groups excluding carboxylic acids is 1. The summed E-state index contributed by atoms with van der Waals surface area (Å²) in [6, 6.07) is 20.9. The quantitative estimate of drug-likeness (QED) is 0.231. The molecule has 2 saturated heterocycles. The van der Waals surface area contributed by atoms with E-state index >= 15 is 0 Å². The van der Waals surface area contributed by atoms with Crippen molar-refractivity contribution in [1.29, 1.82) is 0 Å². The fourth-order valence-corrected chi connectivity index (χ4v) is 13.8. The van der Waals surface area contributed by atoms with Crippen LogP contribution >= 0.6 is 0 Å². The highest BCUT2D eigenvalue weighted by atomic mass is 28.4. The van der Waals surface area contributed by atoms with Crippen LogP contribution in [-0.4, -0.2) is 80.6 Å². The molecule has 2 aromatic carbocycles. The number of carbonyl (C=O) groups is 1. The molecule has 260 valence electrons. The number of hydrogen-bond donors (Lipinski definition) is 2. The zero-order chi connectivity index (χ0) is 34.5. The van der Waals surface area contributed by atoms with Gasteiger partial charge < -0.3 is 33.6 Å². The summed E-state index contributed by atoms with van der Waals surface area (Å²) in [5.41, 5.74) is -2.43. The highest BCUT2D eigenvalue weighted by Gasteiger charge is 2.81. The first-order valence-corrected chi connectivity index (χ1v) is 19.1. The van der Waals surface area contributed by atoms with Crippen molar-refractivity contribution in [3.05, 3.63) is 60.7 Å². The normalized spacial score (nSPS) is 30.2. The summed E-state index contributed by atoms with van der Waals surface area (Å²) >= 11 is 0. The van der Waals surface area contributed by atoms with E-state index in [0.29, 0.717) is 25.9 Å². The molecule has 3 fully saturated rings. The molecule has 0 aromatic heterocycles. The Bertz CT molecular complexity index is 1340. The predicted molar refractivity (Wildman–Crippen MR) is 184 cm³/mol. The van der Waals surface area contributed by atoms with Crippen LogP contribution < -0.4 is 10.4 Å². The summed E-state index contributed by atoms with van der Waals surface area (Å²) in [7, 11) is -1.21. The van der Waals surface area contributed by atoms with E-state index in [9.17, 15) is 15.0 Å². The molecule has 1 aliphatic carbocycles. The van der Waals surface area contributed by atoms with Gasteiger partial charge in [0, 0.05) is 31.7 Å². The van der Waals surface area contributed by atoms with Crippen LogP contribution in [0, 0.1) is 23.2 Å². The van der Waals surface area contributed by atoms with Gasteiger partial charge in [0.05, 0.1) is 24.7 Å². The molecule has 9 heteroatoms. The third-order valence-corrected chi connectivity index (χ3v) is 16.2. The van der Waals surface area contributed by atoms with Crippen LogP contribution in [0.2, 0.25) is 5.04 Å². The van der Waals surface area contributed by atoms with Gasteiger partial charge in [0.15, 0.2) is 11.4 Å². The zero-order valence-corrected chi connectivity index (χ0v) is 30.7. The first-order chi connectivity index (χ1) is 22.0. The molecule has 5 rings (SSSR count). The van der Waals surface area contributed by atoms with Crippen molar-refractivity contribution in [2.45, 2.75) is 109 Å². The first-order valence-electron chi connectivity index (χ1n) is 17.1. The molecule has 1 saturated carbocycles. The van der Waals surface area contributed by atoms with E-state index < -0.39 is 54.8 Å². The van der Waals surface area contributed by atoms with Gasteiger partial charge in [-0.1, -0.05) is 102 Å². The van der Waals surface area contributed by atoms with E-state index in [-0.39, 0.29) is 30.1 Å². The van der Waals surface area contributed by atoms with Crippen molar-refractivity contribution in [2.24, 2.45) is 23.2 Å². The fourth-order valence-electron chi connectivity index (χ4n) is 9.26. The lowest BCUT2D eigenvalue weighted by atomic mass is 9.44. The van der Waals surface area contributed by atoms with Gasteiger partial charge in [-0.05, 0) is 54.4 Å². The highest BCUT2D eigenvalue weighted by Crippen LogP contribution is 2.70. The molecule has 2 heterocycles. The van der Waals surface area contributed by atoms with Crippen LogP contribution in [0.1, 0.15) is 74.7 Å². The van der Waals surface area contributed by atoms with E-state index in [2.05, 4.69) is 83.1 Å². The molecule has 1 unspecified atom stereocenters. The number of benzene rings is 2. The minimum absolute atomic E-state index is 0.0240. The van der Waals surface area contributed by atoms with Crippen LogP contribution in [0.5, 0.6) is 0 Å². The van der Waals surface area contributed by atoms with E-state index in [4.69, 9.17) is 23.4 Å². The molecule has 2 aliphatic heterocycles. The van der Waals surface area contributed by atoms with Crippen molar-refractivity contribution in [1.82, 2.24) is 0 Å². The second kappa shape index (κ2) is 13.0. The smallest absolute Gasteiger partial charge is 0.312 e. The number of fused-ring (bicyclic) bond motifs is 1. The SMILES string of the molecule is CO[C@@H](CCO[Si](c1ccccc1)(c1ccccc1)C(C)(C)C)[C@@H](O)[C@@H]1C(=O)O[C@]2(C3(C[C@H](C)CO)COC(C)(C)O3)[C@H]1CC2(C)C. The second-order valence-corrected chi connectivity index (χ2v) is 20.5. The standard InChI is InChI=1S/C38H56O8Si/c1-26(24-39)22-37(25-43-36(7,8)46-37)38-29(23-35(38,5)6)31(33(41)45-38)32(40)30(42-9)20-21-44-47(34(2,3)4,27-16-12-10-13-17-27)28-18-14-11-15-19-28/h10-19,26,29-32,39-40H,20-25H2,1-9H3/t26-,29-,30-,31+,32+,37?,38+/m0/s1. The summed E-state index contributed by atoms with van der Waals surface area (Å²) in [5, 5.41) is 24.2. The van der Waals surface area contributed by atoms with E-state index in [1.54, 1.807) is 7.11 Å². The van der Waals surface area contributed by atoms with E-state index in [1.807, 2.05) is 32.9 Å². The second-order valence-electron chi connectivity index (χ2n) is 16.2. The third-order valence-electron chi connectivity index (χ3n) is 11.2. The molecule has 2 N–H and O–H groups in total. The van der Waals surface area contributed by atoms with Gasteiger partial charge >= 0.3 is 5.97 Å². The fraction of sp³-hybridized carbons (Fsp3) is 0.658. The molecular formula is C38H56O8Si. The molecule has 47 heavy (non-hydrogen) atoms. The van der Waals surface area contributed by atoms with Gasteiger partial charge in [-0.2, -0.15) is 0 Å². The van der Waals surface area contributed by atoms with Crippen LogP contribution in [0.3, 0.4) is 0 Å². The monoisotopic (exact) mass is 668 g/mol. The van der Waals surface area contributed by atoms with Gasteiger partial charge in [-0.3, -0.25) is 4.79 Å². The molecular weight excluding hydrogens is 612 g/mol. The van der Waals surface area contributed by atoms with E-state index in [0.717, 1.165) is 0 Å². The maximum absolute atomic E-state index is 13.9. The van der Waals surface area contributed by atoms with Gasteiger partial charge in [0.25, 0.3) is 8.32 Å². The van der Waals surface area contributed by atoms with Gasteiger partial charge in [-0.25, -0.2) is 0 Å². The number of aliphatic hydroxyl groups is 2. The minimum atomic E-state index is -2.79. The summed E-state index contributed by atoms with van der Waals surface area (Å²) in [6.07, 6.45) is -0.234. The summed E-state index contributed by atoms with van der Waals surface area (Å²) < 4.78 is 32.3. The van der Waals surface area contributed by atoms with Gasteiger partial charge in [0.1, 0.15) is 5.60 Å². The molecule has 3 aliphatic rings. The van der Waals surface area contributed by atoms with Crippen LogP contribution in [0.4, 0.5) is 0 Å². The summed E-state index contributed by atoms with van der Waals surface area (Å²) in [6.45, 7) is 17.1. The first kappa shape index (κ1) is 36.2. The lowest BCUT2D eigenvalue weighted by Crippen LogP contribution is -2.75. The van der Waals surface area contributed by atoms with Crippen LogP contribution in [0.25, 0.3) is 0 Å². The number of methoxy groups -OCH3 is 1. The average Bonchev–Trinajstić information content (AvgIpc) is 3.47. The third kappa shape index (κ3) is 5.94. The molecule has 7 atom stereocenters. The lowest BCUT2D eigenvalue weighted by Gasteiger charge is -2.64. The average molecular weight is 669 g/mol. The molecule has 8 nitrogen and oxygen atoms in total. The molecule has 0 radical (unpaired) electrons. The Kier molecular flexibility index (Phi) is 9.98. The van der Waals surface area contributed by atoms with Crippen molar-refractivity contribution in [3.63, 3.8) is 0 Å². The number of ether oxygens (including phenoxy) is 4.